The molecule has 5 nitrogen and oxygen atoms in total. The lowest BCUT2D eigenvalue weighted by Gasteiger charge is -2.19. The van der Waals surface area contributed by atoms with Crippen LogP contribution < -0.4 is 0 Å². The molecule has 0 radical (unpaired) electrons. The van der Waals surface area contributed by atoms with E-state index in [-0.39, 0.29) is 5.91 Å². The van der Waals surface area contributed by atoms with Crippen molar-refractivity contribution in [3.63, 3.8) is 0 Å². The fourth-order valence-corrected chi connectivity index (χ4v) is 3.96. The molecule has 0 fully saturated rings. The van der Waals surface area contributed by atoms with E-state index < -0.39 is 0 Å². The molecule has 26 heavy (non-hydrogen) atoms. The molecular formula is C20H18N4OS. The first-order chi connectivity index (χ1) is 12.8. The first-order valence-corrected chi connectivity index (χ1v) is 9.29. The van der Waals surface area contributed by atoms with Gasteiger partial charge in [0.1, 0.15) is 5.65 Å². The smallest absolute Gasteiger partial charge is 0.264 e. The number of rotatable bonds is 5. The number of aromatic amines is 1. The van der Waals surface area contributed by atoms with Gasteiger partial charge in [-0.2, -0.15) is 0 Å². The number of hydrogen-bond acceptors (Lipinski definition) is 4. The molecule has 4 aromatic rings. The van der Waals surface area contributed by atoms with Crippen molar-refractivity contribution >= 4 is 28.3 Å². The Morgan fingerprint density at radius 2 is 2.04 bits per heavy atom. The van der Waals surface area contributed by atoms with Gasteiger partial charge in [-0.05, 0) is 43.3 Å². The van der Waals surface area contributed by atoms with Gasteiger partial charge < -0.3 is 9.88 Å². The first-order valence-electron chi connectivity index (χ1n) is 8.47. The summed E-state index contributed by atoms with van der Waals surface area (Å²) in [6, 6.07) is 13.7. The Bertz CT molecular complexity index is 1040. The number of carbonyl (C=O) groups is 1. The summed E-state index contributed by atoms with van der Waals surface area (Å²) in [6.45, 7) is 3.14. The molecule has 0 aliphatic heterocycles. The number of H-pyrrole nitrogens is 1. The molecule has 0 aliphatic carbocycles. The Labute approximate surface area is 155 Å². The average molecular weight is 362 g/mol. The summed E-state index contributed by atoms with van der Waals surface area (Å²) in [5.74, 6) is 0.0359. The van der Waals surface area contributed by atoms with Crippen LogP contribution in [0.25, 0.3) is 21.5 Å². The maximum absolute atomic E-state index is 12.9. The number of aromatic nitrogens is 3. The molecule has 0 aromatic carbocycles. The molecule has 0 bridgehead atoms. The summed E-state index contributed by atoms with van der Waals surface area (Å²) in [5, 5.41) is 1.06. The SMILES string of the molecule is CCN(Cc1ccccn1)C(=O)c1ccc(-c2ccnc3[nH]ccc23)s1. The van der Waals surface area contributed by atoms with E-state index in [1.165, 1.54) is 11.3 Å². The van der Waals surface area contributed by atoms with Crippen molar-refractivity contribution in [3.05, 3.63) is 71.6 Å². The molecule has 4 aromatic heterocycles. The van der Waals surface area contributed by atoms with Gasteiger partial charge in [0.2, 0.25) is 0 Å². The van der Waals surface area contributed by atoms with Crippen molar-refractivity contribution in [2.45, 2.75) is 13.5 Å². The van der Waals surface area contributed by atoms with E-state index in [0.29, 0.717) is 13.1 Å². The van der Waals surface area contributed by atoms with E-state index in [2.05, 4.69) is 15.0 Å². The Balaban J connectivity index is 1.60. The van der Waals surface area contributed by atoms with E-state index >= 15 is 0 Å². The molecule has 1 N–H and O–H groups in total. The zero-order valence-electron chi connectivity index (χ0n) is 14.3. The zero-order chi connectivity index (χ0) is 17.9. The third kappa shape index (κ3) is 3.11. The van der Waals surface area contributed by atoms with Crippen molar-refractivity contribution in [2.24, 2.45) is 0 Å². The molecule has 0 spiro atoms. The van der Waals surface area contributed by atoms with E-state index in [1.54, 1.807) is 12.4 Å². The number of nitrogens with zero attached hydrogens (tertiary/aromatic N) is 3. The number of pyridine rings is 2. The summed E-state index contributed by atoms with van der Waals surface area (Å²) < 4.78 is 0. The minimum Gasteiger partial charge on any atom is -0.346 e. The molecule has 0 saturated carbocycles. The van der Waals surface area contributed by atoms with Crippen LogP contribution in [0, 0.1) is 0 Å². The lowest BCUT2D eigenvalue weighted by molar-refractivity contribution is 0.0755. The van der Waals surface area contributed by atoms with Crippen molar-refractivity contribution in [3.8, 4) is 10.4 Å². The van der Waals surface area contributed by atoms with E-state index in [0.717, 1.165) is 32.0 Å². The highest BCUT2D eigenvalue weighted by atomic mass is 32.1. The highest BCUT2D eigenvalue weighted by Crippen LogP contribution is 2.33. The largest absolute Gasteiger partial charge is 0.346 e. The highest BCUT2D eigenvalue weighted by molar-refractivity contribution is 7.17. The minimum absolute atomic E-state index is 0.0359. The molecule has 4 rings (SSSR count). The van der Waals surface area contributed by atoms with Gasteiger partial charge in [-0.3, -0.25) is 9.78 Å². The number of thiophene rings is 1. The van der Waals surface area contributed by atoms with Gasteiger partial charge in [0.15, 0.2) is 0 Å². The fraction of sp³-hybridized carbons (Fsp3) is 0.150. The molecule has 0 atom stereocenters. The molecule has 4 heterocycles. The minimum atomic E-state index is 0.0359. The Morgan fingerprint density at radius 3 is 2.85 bits per heavy atom. The summed E-state index contributed by atoms with van der Waals surface area (Å²) in [6.07, 6.45) is 5.42. The normalized spacial score (nSPS) is 11.0. The molecule has 1 amide bonds. The second kappa shape index (κ2) is 7.09. The summed E-state index contributed by atoms with van der Waals surface area (Å²) in [4.78, 5) is 28.3. The van der Waals surface area contributed by atoms with Gasteiger partial charge in [0.25, 0.3) is 5.91 Å². The maximum Gasteiger partial charge on any atom is 0.264 e. The quantitative estimate of drug-likeness (QED) is 0.574. The van der Waals surface area contributed by atoms with Crippen LogP contribution in [0.1, 0.15) is 22.3 Å². The maximum atomic E-state index is 12.9. The molecule has 0 aliphatic rings. The topological polar surface area (TPSA) is 61.9 Å². The van der Waals surface area contributed by atoms with Crippen molar-refractivity contribution < 1.29 is 4.79 Å². The Morgan fingerprint density at radius 1 is 1.12 bits per heavy atom. The number of amides is 1. The summed E-state index contributed by atoms with van der Waals surface area (Å²) in [7, 11) is 0. The van der Waals surface area contributed by atoms with Gasteiger partial charge in [-0.1, -0.05) is 6.07 Å². The first kappa shape index (κ1) is 16.5. The number of carbonyl (C=O) groups excluding carboxylic acids is 1. The monoisotopic (exact) mass is 362 g/mol. The standard InChI is InChI=1S/C20H18N4OS/c1-2-24(13-14-5-3-4-10-21-14)20(25)18-7-6-17(26-18)15-8-11-22-19-16(15)9-12-23-19/h3-12H,2,13H2,1H3,(H,22,23). The summed E-state index contributed by atoms with van der Waals surface area (Å²) >= 11 is 1.51. The molecule has 0 saturated heterocycles. The molecule has 130 valence electrons. The third-order valence-corrected chi connectivity index (χ3v) is 5.40. The number of fused-ring (bicyclic) bond motifs is 1. The summed E-state index contributed by atoms with van der Waals surface area (Å²) in [5.41, 5.74) is 2.84. The van der Waals surface area contributed by atoms with Gasteiger partial charge in [-0.15, -0.1) is 11.3 Å². The van der Waals surface area contributed by atoms with Crippen LogP contribution >= 0.6 is 11.3 Å². The van der Waals surface area contributed by atoms with Crippen molar-refractivity contribution in [1.29, 1.82) is 0 Å². The Kier molecular flexibility index (Phi) is 4.50. The van der Waals surface area contributed by atoms with E-state index in [4.69, 9.17) is 0 Å². The fourth-order valence-electron chi connectivity index (χ4n) is 2.94. The Hall–Kier alpha value is -2.99. The average Bonchev–Trinajstić information content (AvgIpc) is 3.35. The van der Waals surface area contributed by atoms with Gasteiger partial charge in [0, 0.05) is 41.0 Å². The van der Waals surface area contributed by atoms with Crippen LogP contribution in [0.4, 0.5) is 0 Å². The van der Waals surface area contributed by atoms with Crippen LogP contribution in [0.3, 0.4) is 0 Å². The predicted octanol–water partition coefficient (Wildman–Crippen LogP) is 4.35. The second-order valence-electron chi connectivity index (χ2n) is 5.90. The zero-order valence-corrected chi connectivity index (χ0v) is 15.2. The van der Waals surface area contributed by atoms with Crippen molar-refractivity contribution in [1.82, 2.24) is 19.9 Å². The molecule has 0 unspecified atom stereocenters. The van der Waals surface area contributed by atoms with Crippen LogP contribution in [0.5, 0.6) is 0 Å². The van der Waals surface area contributed by atoms with E-state index in [9.17, 15) is 4.79 Å². The van der Waals surface area contributed by atoms with E-state index in [1.807, 2.05) is 60.5 Å². The molecular weight excluding hydrogens is 344 g/mol. The highest BCUT2D eigenvalue weighted by Gasteiger charge is 2.18. The number of nitrogens with one attached hydrogen (secondary N) is 1. The van der Waals surface area contributed by atoms with Crippen LogP contribution in [0.15, 0.2) is 61.1 Å². The lowest BCUT2D eigenvalue weighted by Crippen LogP contribution is -2.30. The van der Waals surface area contributed by atoms with Gasteiger partial charge >= 0.3 is 0 Å². The van der Waals surface area contributed by atoms with Gasteiger partial charge in [-0.25, -0.2) is 4.98 Å². The second-order valence-corrected chi connectivity index (χ2v) is 6.99. The third-order valence-electron chi connectivity index (χ3n) is 4.29. The van der Waals surface area contributed by atoms with Crippen LogP contribution in [0.2, 0.25) is 0 Å². The molecule has 6 heteroatoms. The van der Waals surface area contributed by atoms with Crippen LogP contribution in [-0.4, -0.2) is 32.3 Å². The van der Waals surface area contributed by atoms with Gasteiger partial charge in [0.05, 0.1) is 17.1 Å². The predicted molar refractivity (Wildman–Crippen MR) is 104 cm³/mol. The van der Waals surface area contributed by atoms with Crippen molar-refractivity contribution in [2.75, 3.05) is 6.54 Å². The lowest BCUT2D eigenvalue weighted by atomic mass is 10.1. The number of hydrogen-bond donors (Lipinski definition) is 1. The van der Waals surface area contributed by atoms with Crippen LogP contribution in [-0.2, 0) is 6.54 Å².